The van der Waals surface area contributed by atoms with E-state index in [2.05, 4.69) is 20.3 Å². The van der Waals surface area contributed by atoms with Gasteiger partial charge in [-0.25, -0.2) is 4.79 Å². The second-order valence-corrected chi connectivity index (χ2v) is 5.79. The Balaban J connectivity index is 1.70. The lowest BCUT2D eigenvalue weighted by molar-refractivity contribution is -0.133. The van der Waals surface area contributed by atoms with E-state index in [0.29, 0.717) is 24.3 Å². The zero-order valence-electron chi connectivity index (χ0n) is 13.1. The van der Waals surface area contributed by atoms with Crippen LogP contribution in [0.15, 0.2) is 24.3 Å². The Labute approximate surface area is 142 Å². The summed E-state index contributed by atoms with van der Waals surface area (Å²) in [7, 11) is 0. The number of hydrogen-bond acceptors (Lipinski definition) is 8. The van der Waals surface area contributed by atoms with E-state index in [1.165, 1.54) is 0 Å². The van der Waals surface area contributed by atoms with Gasteiger partial charge in [0.25, 0.3) is 5.91 Å². The molecule has 1 aromatic carbocycles. The Bertz CT molecular complexity index is 867. The van der Waals surface area contributed by atoms with E-state index in [9.17, 15) is 9.59 Å². The summed E-state index contributed by atoms with van der Waals surface area (Å²) in [5.74, 6) is 0.205. The van der Waals surface area contributed by atoms with Crippen LogP contribution in [0.4, 0.5) is 16.7 Å². The van der Waals surface area contributed by atoms with Crippen LogP contribution in [0, 0.1) is 0 Å². The number of carbonyl (C=O) groups is 2. The van der Waals surface area contributed by atoms with Crippen molar-refractivity contribution in [1.82, 2.24) is 25.2 Å². The van der Waals surface area contributed by atoms with Gasteiger partial charge in [-0.2, -0.15) is 15.0 Å². The molecule has 1 atom stereocenters. The van der Waals surface area contributed by atoms with Crippen LogP contribution in [0.1, 0.15) is 17.8 Å². The van der Waals surface area contributed by atoms with Crippen molar-refractivity contribution in [2.75, 3.05) is 18.1 Å². The standard InChI is InChI=1S/C15H15N7O3/c16-12-18-10(19-13(17)20-12)7-22-11(23)15(21-14(22)24)5-6-25-9-4-2-1-3-8(9)15/h1-4H,5-7H2,(H,21,24)(H4,16,17,18,19,20)/t15-/m1/s1. The molecule has 10 nitrogen and oxygen atoms in total. The predicted octanol–water partition coefficient (Wildman–Crippen LogP) is -0.234. The average molecular weight is 341 g/mol. The lowest BCUT2D eigenvalue weighted by atomic mass is 9.84. The number of benzene rings is 1. The van der Waals surface area contributed by atoms with Gasteiger partial charge in [0.2, 0.25) is 11.9 Å². The van der Waals surface area contributed by atoms with Gasteiger partial charge < -0.3 is 21.5 Å². The third-order valence-corrected chi connectivity index (χ3v) is 4.27. The fraction of sp³-hybridized carbons (Fsp3) is 0.267. The Morgan fingerprint density at radius 1 is 1.16 bits per heavy atom. The molecule has 0 radical (unpaired) electrons. The van der Waals surface area contributed by atoms with Gasteiger partial charge in [-0.3, -0.25) is 9.69 Å². The van der Waals surface area contributed by atoms with Crippen molar-refractivity contribution in [3.8, 4) is 5.75 Å². The first kappa shape index (κ1) is 15.1. The molecule has 5 N–H and O–H groups in total. The van der Waals surface area contributed by atoms with Crippen LogP contribution in [0.2, 0.25) is 0 Å². The molecule has 2 aliphatic rings. The number of urea groups is 1. The van der Waals surface area contributed by atoms with Crippen LogP contribution in [0.25, 0.3) is 0 Å². The van der Waals surface area contributed by atoms with E-state index in [1.807, 2.05) is 6.07 Å². The van der Waals surface area contributed by atoms with Crippen molar-refractivity contribution >= 4 is 23.8 Å². The highest BCUT2D eigenvalue weighted by atomic mass is 16.5. The Morgan fingerprint density at radius 3 is 2.64 bits per heavy atom. The number of ether oxygens (including phenoxy) is 1. The lowest BCUT2D eigenvalue weighted by Crippen LogP contribution is -2.47. The summed E-state index contributed by atoms with van der Waals surface area (Å²) in [6, 6.07) is 6.62. The number of anilines is 2. The van der Waals surface area contributed by atoms with Gasteiger partial charge in [0.15, 0.2) is 11.4 Å². The Kier molecular flexibility index (Phi) is 3.20. The van der Waals surface area contributed by atoms with Crippen LogP contribution in [0.3, 0.4) is 0 Å². The molecule has 10 heteroatoms. The summed E-state index contributed by atoms with van der Waals surface area (Å²) in [6.45, 7) is 0.175. The molecule has 0 bridgehead atoms. The zero-order valence-corrected chi connectivity index (χ0v) is 13.1. The third kappa shape index (κ3) is 2.30. The van der Waals surface area contributed by atoms with Crippen LogP contribution < -0.4 is 21.5 Å². The summed E-state index contributed by atoms with van der Waals surface area (Å²) in [4.78, 5) is 38.1. The molecule has 128 valence electrons. The average Bonchev–Trinajstić information content (AvgIpc) is 2.79. The number of nitrogen functional groups attached to an aromatic ring is 2. The molecule has 3 amide bonds. The fourth-order valence-corrected chi connectivity index (χ4v) is 3.18. The van der Waals surface area contributed by atoms with Crippen LogP contribution in [-0.2, 0) is 16.9 Å². The van der Waals surface area contributed by atoms with E-state index in [0.717, 1.165) is 4.90 Å². The minimum atomic E-state index is -1.14. The molecule has 2 aromatic rings. The van der Waals surface area contributed by atoms with Gasteiger partial charge in [-0.15, -0.1) is 0 Å². The molecule has 0 saturated carbocycles. The summed E-state index contributed by atoms with van der Waals surface area (Å²) in [5, 5.41) is 2.80. The molecule has 1 fully saturated rings. The largest absolute Gasteiger partial charge is 0.493 e. The molecule has 0 unspecified atom stereocenters. The van der Waals surface area contributed by atoms with Gasteiger partial charge >= 0.3 is 6.03 Å². The first-order chi connectivity index (χ1) is 12.0. The van der Waals surface area contributed by atoms with Crippen molar-refractivity contribution in [3.05, 3.63) is 35.7 Å². The molecule has 1 spiro atoms. The maximum Gasteiger partial charge on any atom is 0.325 e. The van der Waals surface area contributed by atoms with Crippen molar-refractivity contribution in [2.24, 2.45) is 0 Å². The van der Waals surface area contributed by atoms with Gasteiger partial charge in [0, 0.05) is 12.0 Å². The van der Waals surface area contributed by atoms with E-state index < -0.39 is 11.6 Å². The highest BCUT2D eigenvalue weighted by Gasteiger charge is 2.54. The molecular formula is C15H15N7O3. The molecule has 3 heterocycles. The quantitative estimate of drug-likeness (QED) is 0.634. The summed E-state index contributed by atoms with van der Waals surface area (Å²) in [5.41, 5.74) is 10.6. The van der Waals surface area contributed by atoms with Gasteiger partial charge in [0.1, 0.15) is 5.75 Å². The maximum atomic E-state index is 13.1. The molecule has 4 rings (SSSR count). The Hall–Kier alpha value is -3.43. The number of fused-ring (bicyclic) bond motifs is 2. The topological polar surface area (TPSA) is 149 Å². The maximum absolute atomic E-state index is 13.1. The molecule has 1 saturated heterocycles. The predicted molar refractivity (Wildman–Crippen MR) is 86.0 cm³/mol. The first-order valence-electron chi connectivity index (χ1n) is 7.62. The summed E-state index contributed by atoms with van der Waals surface area (Å²) >= 11 is 0. The fourth-order valence-electron chi connectivity index (χ4n) is 3.18. The number of aromatic nitrogens is 3. The molecular weight excluding hydrogens is 326 g/mol. The van der Waals surface area contributed by atoms with Crippen molar-refractivity contribution in [3.63, 3.8) is 0 Å². The van der Waals surface area contributed by atoms with Crippen LogP contribution in [0.5, 0.6) is 5.75 Å². The molecule has 1 aromatic heterocycles. The number of imide groups is 1. The highest BCUT2D eigenvalue weighted by Crippen LogP contribution is 2.41. The normalized spacial score (nSPS) is 21.8. The second kappa shape index (κ2) is 5.30. The van der Waals surface area contributed by atoms with Crippen LogP contribution in [-0.4, -0.2) is 38.4 Å². The molecule has 25 heavy (non-hydrogen) atoms. The SMILES string of the molecule is Nc1nc(N)nc(CN2C(=O)N[C@@]3(CCOc4ccccc43)C2=O)n1. The smallest absolute Gasteiger partial charge is 0.325 e. The van der Waals surface area contributed by atoms with E-state index >= 15 is 0 Å². The van der Waals surface area contributed by atoms with Crippen molar-refractivity contribution in [2.45, 2.75) is 18.5 Å². The highest BCUT2D eigenvalue weighted by molar-refractivity contribution is 6.07. The van der Waals surface area contributed by atoms with Crippen LogP contribution >= 0.6 is 0 Å². The number of para-hydroxylation sites is 1. The van der Waals surface area contributed by atoms with Crippen molar-refractivity contribution in [1.29, 1.82) is 0 Å². The number of hydrogen-bond donors (Lipinski definition) is 3. The number of nitrogens with zero attached hydrogens (tertiary/aromatic N) is 4. The van der Waals surface area contributed by atoms with E-state index in [4.69, 9.17) is 16.2 Å². The van der Waals surface area contributed by atoms with Gasteiger partial charge in [-0.05, 0) is 6.07 Å². The summed E-state index contributed by atoms with van der Waals surface area (Å²) < 4.78 is 5.59. The van der Waals surface area contributed by atoms with E-state index in [-0.39, 0.29) is 30.2 Å². The van der Waals surface area contributed by atoms with Gasteiger partial charge in [-0.1, -0.05) is 18.2 Å². The first-order valence-corrected chi connectivity index (χ1v) is 7.62. The number of carbonyl (C=O) groups excluding carboxylic acids is 2. The lowest BCUT2D eigenvalue weighted by Gasteiger charge is -2.33. The number of rotatable bonds is 2. The monoisotopic (exact) mass is 341 g/mol. The Morgan fingerprint density at radius 2 is 1.88 bits per heavy atom. The third-order valence-electron chi connectivity index (χ3n) is 4.27. The molecule has 2 aliphatic heterocycles. The van der Waals surface area contributed by atoms with Gasteiger partial charge in [0.05, 0.1) is 13.2 Å². The number of amides is 3. The van der Waals surface area contributed by atoms with Crippen molar-refractivity contribution < 1.29 is 14.3 Å². The second-order valence-electron chi connectivity index (χ2n) is 5.79. The summed E-state index contributed by atoms with van der Waals surface area (Å²) in [6.07, 6.45) is 0.340. The van der Waals surface area contributed by atoms with E-state index in [1.54, 1.807) is 18.2 Å². The minimum absolute atomic E-state index is 0.0688. The zero-order chi connectivity index (χ0) is 17.6. The minimum Gasteiger partial charge on any atom is -0.493 e. The molecule has 0 aliphatic carbocycles. The number of nitrogens with two attached hydrogens (primary N) is 2. The number of nitrogens with one attached hydrogen (secondary N) is 1.